The minimum atomic E-state index is -3.91. The Kier molecular flexibility index (Phi) is 11.6. The van der Waals surface area contributed by atoms with Gasteiger partial charge in [0, 0.05) is 33.2 Å². The van der Waals surface area contributed by atoms with Crippen molar-refractivity contribution in [3.63, 3.8) is 0 Å². The van der Waals surface area contributed by atoms with E-state index in [2.05, 4.69) is 5.32 Å². The molecular formula is C24H29Cl4N3O4S. The average molecular weight is 597 g/mol. The van der Waals surface area contributed by atoms with Crippen molar-refractivity contribution in [3.8, 4) is 0 Å². The van der Waals surface area contributed by atoms with Gasteiger partial charge in [-0.05, 0) is 48.7 Å². The van der Waals surface area contributed by atoms with Gasteiger partial charge in [0.2, 0.25) is 21.8 Å². The van der Waals surface area contributed by atoms with Crippen molar-refractivity contribution in [1.29, 1.82) is 0 Å². The highest BCUT2D eigenvalue weighted by molar-refractivity contribution is 7.92. The van der Waals surface area contributed by atoms with Gasteiger partial charge in [0.1, 0.15) is 12.6 Å². The molecule has 36 heavy (non-hydrogen) atoms. The molecular weight excluding hydrogens is 568 g/mol. The second-order valence-corrected chi connectivity index (χ2v) is 11.8. The van der Waals surface area contributed by atoms with Crippen molar-refractivity contribution in [1.82, 2.24) is 10.2 Å². The van der Waals surface area contributed by atoms with Crippen LogP contribution in [0.4, 0.5) is 5.69 Å². The molecule has 0 saturated carbocycles. The Bertz CT molecular complexity index is 1170. The van der Waals surface area contributed by atoms with Gasteiger partial charge in [0.15, 0.2) is 0 Å². The summed E-state index contributed by atoms with van der Waals surface area (Å²) in [7, 11) is -3.91. The van der Waals surface area contributed by atoms with Crippen LogP contribution in [0.3, 0.4) is 0 Å². The van der Waals surface area contributed by atoms with Crippen LogP contribution in [0.5, 0.6) is 0 Å². The van der Waals surface area contributed by atoms with Crippen LogP contribution in [0.1, 0.15) is 38.7 Å². The lowest BCUT2D eigenvalue weighted by Gasteiger charge is -2.33. The van der Waals surface area contributed by atoms with Gasteiger partial charge >= 0.3 is 0 Å². The molecule has 1 atom stereocenters. The molecule has 0 radical (unpaired) electrons. The molecule has 12 heteroatoms. The summed E-state index contributed by atoms with van der Waals surface area (Å²) in [6.45, 7) is 3.65. The predicted octanol–water partition coefficient (Wildman–Crippen LogP) is 5.79. The van der Waals surface area contributed by atoms with E-state index in [9.17, 15) is 18.0 Å². The number of amides is 2. The molecule has 2 aromatic rings. The van der Waals surface area contributed by atoms with Gasteiger partial charge in [0.25, 0.3) is 0 Å². The molecule has 198 valence electrons. The Balaban J connectivity index is 2.47. The molecule has 2 amide bonds. The highest BCUT2D eigenvalue weighted by atomic mass is 35.5. The summed E-state index contributed by atoms with van der Waals surface area (Å²) in [5.41, 5.74) is 0.694. The van der Waals surface area contributed by atoms with Crippen LogP contribution in [0.2, 0.25) is 20.1 Å². The van der Waals surface area contributed by atoms with Crippen molar-refractivity contribution in [2.45, 2.75) is 45.7 Å². The summed E-state index contributed by atoms with van der Waals surface area (Å²) in [4.78, 5) is 28.0. The van der Waals surface area contributed by atoms with Crippen LogP contribution in [0, 0.1) is 0 Å². The first-order valence-corrected chi connectivity index (χ1v) is 14.7. The number of benzene rings is 2. The molecule has 0 spiro atoms. The highest BCUT2D eigenvalue weighted by Gasteiger charge is 2.32. The summed E-state index contributed by atoms with van der Waals surface area (Å²) in [6, 6.07) is 8.23. The summed E-state index contributed by atoms with van der Waals surface area (Å²) in [5.74, 6) is -0.930. The molecule has 0 unspecified atom stereocenters. The summed E-state index contributed by atoms with van der Waals surface area (Å²) < 4.78 is 26.2. The van der Waals surface area contributed by atoms with Crippen LogP contribution in [0.15, 0.2) is 36.4 Å². The zero-order chi connectivity index (χ0) is 27.0. The molecule has 0 bridgehead atoms. The first kappa shape index (κ1) is 30.5. The van der Waals surface area contributed by atoms with Gasteiger partial charge in [-0.25, -0.2) is 8.42 Å². The minimum Gasteiger partial charge on any atom is -0.354 e. The third-order valence-corrected chi connectivity index (χ3v) is 7.55. The molecule has 7 nitrogen and oxygen atoms in total. The van der Waals surface area contributed by atoms with Crippen molar-refractivity contribution < 1.29 is 18.0 Å². The maximum absolute atomic E-state index is 13.7. The predicted molar refractivity (Wildman–Crippen MR) is 148 cm³/mol. The zero-order valence-corrected chi connectivity index (χ0v) is 24.1. The number of hydrogen-bond donors (Lipinski definition) is 1. The lowest BCUT2D eigenvalue weighted by molar-refractivity contribution is -0.140. The van der Waals surface area contributed by atoms with Crippen molar-refractivity contribution in [3.05, 3.63) is 62.1 Å². The number of halogens is 4. The smallest absolute Gasteiger partial charge is 0.244 e. The Morgan fingerprint density at radius 3 is 2.14 bits per heavy atom. The van der Waals surface area contributed by atoms with E-state index in [1.54, 1.807) is 25.1 Å². The van der Waals surface area contributed by atoms with E-state index in [1.807, 2.05) is 6.92 Å². The van der Waals surface area contributed by atoms with Gasteiger partial charge in [0.05, 0.1) is 11.9 Å². The molecule has 2 aromatic carbocycles. The molecule has 0 heterocycles. The van der Waals surface area contributed by atoms with Crippen LogP contribution in [-0.4, -0.2) is 50.5 Å². The standard InChI is InChI=1S/C24H29Cl4N3O4S/c1-4-6-9-29-24(33)22(5-2)30(14-16-7-8-17(25)13-21(16)28)23(32)15-31(36(3,34)35)20-11-18(26)10-19(27)12-20/h7-8,10-13,22H,4-6,9,14-15H2,1-3H3,(H,29,33)/t22-/m1/s1. The van der Waals surface area contributed by atoms with Crippen molar-refractivity contribution in [2.24, 2.45) is 0 Å². The van der Waals surface area contributed by atoms with E-state index in [4.69, 9.17) is 46.4 Å². The maximum atomic E-state index is 13.7. The van der Waals surface area contributed by atoms with E-state index in [0.29, 0.717) is 28.6 Å². The fourth-order valence-corrected chi connectivity index (χ4v) is 5.37. The Morgan fingerprint density at radius 2 is 1.61 bits per heavy atom. The molecule has 1 N–H and O–H groups in total. The second-order valence-electron chi connectivity index (χ2n) is 8.22. The number of sulfonamides is 1. The first-order chi connectivity index (χ1) is 16.9. The number of nitrogens with zero attached hydrogens (tertiary/aromatic N) is 2. The molecule has 2 rings (SSSR count). The summed E-state index contributed by atoms with van der Waals surface area (Å²) in [6.07, 6.45) is 2.96. The van der Waals surface area contributed by atoms with Crippen LogP contribution < -0.4 is 9.62 Å². The molecule has 0 aliphatic carbocycles. The normalized spacial score (nSPS) is 12.2. The van der Waals surface area contributed by atoms with E-state index in [0.717, 1.165) is 23.4 Å². The van der Waals surface area contributed by atoms with Crippen molar-refractivity contribution in [2.75, 3.05) is 23.7 Å². The quantitative estimate of drug-likeness (QED) is 0.314. The highest BCUT2D eigenvalue weighted by Crippen LogP contribution is 2.28. The lowest BCUT2D eigenvalue weighted by Crippen LogP contribution is -2.52. The minimum absolute atomic E-state index is 0.0254. The lowest BCUT2D eigenvalue weighted by atomic mass is 10.1. The number of carbonyl (C=O) groups is 2. The number of carbonyl (C=O) groups excluding carboxylic acids is 2. The number of nitrogens with one attached hydrogen (secondary N) is 1. The fraction of sp³-hybridized carbons (Fsp3) is 0.417. The Hall–Kier alpha value is -1.71. The Labute approximate surface area is 232 Å². The topological polar surface area (TPSA) is 86.8 Å². The third-order valence-electron chi connectivity index (χ3n) is 5.39. The van der Waals surface area contributed by atoms with Gasteiger partial charge in [-0.3, -0.25) is 13.9 Å². The van der Waals surface area contributed by atoms with E-state index in [1.165, 1.54) is 23.1 Å². The van der Waals surface area contributed by atoms with E-state index >= 15 is 0 Å². The molecule has 0 fully saturated rings. The molecule has 0 aliphatic rings. The van der Waals surface area contributed by atoms with Crippen LogP contribution in [0.25, 0.3) is 0 Å². The molecule has 0 saturated heterocycles. The van der Waals surface area contributed by atoms with Crippen molar-refractivity contribution >= 4 is 73.9 Å². The average Bonchev–Trinajstić information content (AvgIpc) is 2.77. The number of unbranched alkanes of at least 4 members (excludes halogenated alkanes) is 1. The molecule has 0 aliphatic heterocycles. The van der Waals surface area contributed by atoms with Gasteiger partial charge < -0.3 is 10.2 Å². The first-order valence-electron chi connectivity index (χ1n) is 11.3. The third kappa shape index (κ3) is 8.70. The SMILES string of the molecule is CCCCNC(=O)[C@@H](CC)N(Cc1ccc(Cl)cc1Cl)C(=O)CN(c1cc(Cl)cc(Cl)c1)S(C)(=O)=O. The number of rotatable bonds is 12. The Morgan fingerprint density at radius 1 is 0.972 bits per heavy atom. The van der Waals surface area contributed by atoms with Gasteiger partial charge in [-0.2, -0.15) is 0 Å². The van der Waals surface area contributed by atoms with Gasteiger partial charge in [-0.1, -0.05) is 72.7 Å². The summed E-state index contributed by atoms with van der Waals surface area (Å²) >= 11 is 24.5. The number of anilines is 1. The van der Waals surface area contributed by atoms with Crippen LogP contribution >= 0.6 is 46.4 Å². The van der Waals surface area contributed by atoms with Gasteiger partial charge in [-0.15, -0.1) is 0 Å². The second kappa shape index (κ2) is 13.7. The van der Waals surface area contributed by atoms with Crippen LogP contribution in [-0.2, 0) is 26.2 Å². The largest absolute Gasteiger partial charge is 0.354 e. The van der Waals surface area contributed by atoms with E-state index in [-0.39, 0.29) is 28.2 Å². The number of hydrogen-bond acceptors (Lipinski definition) is 4. The summed E-state index contributed by atoms with van der Waals surface area (Å²) in [5, 5.41) is 4.03. The molecule has 0 aromatic heterocycles. The fourth-order valence-electron chi connectivity index (χ4n) is 3.56. The maximum Gasteiger partial charge on any atom is 0.244 e. The van der Waals surface area contributed by atoms with E-state index < -0.39 is 28.5 Å². The zero-order valence-electron chi connectivity index (χ0n) is 20.2. The monoisotopic (exact) mass is 595 g/mol.